The molecule has 0 aromatic heterocycles. The highest BCUT2D eigenvalue weighted by atomic mass is 16.3. The minimum atomic E-state index is -0.116. The molecule has 0 spiro atoms. The Balaban J connectivity index is 1.61. The van der Waals surface area contributed by atoms with Crippen molar-refractivity contribution in [2.45, 2.75) is 0 Å². The van der Waals surface area contributed by atoms with Crippen LogP contribution in [0.1, 0.15) is 0 Å². The number of guanidine groups is 2. The van der Waals surface area contributed by atoms with Gasteiger partial charge in [-0.3, -0.25) is 0 Å². The van der Waals surface area contributed by atoms with Crippen molar-refractivity contribution in [3.8, 4) is 5.75 Å². The summed E-state index contributed by atoms with van der Waals surface area (Å²) in [7, 11) is 0. The van der Waals surface area contributed by atoms with Gasteiger partial charge in [0.2, 0.25) is 5.96 Å². The van der Waals surface area contributed by atoms with Crippen molar-refractivity contribution in [3.05, 3.63) is 48.5 Å². The number of hydrogen-bond acceptors (Lipinski definition) is 4. The van der Waals surface area contributed by atoms with Crippen LogP contribution in [0.2, 0.25) is 0 Å². The molecule has 0 aliphatic carbocycles. The second-order valence-corrected chi connectivity index (χ2v) is 6.01. The lowest BCUT2D eigenvalue weighted by atomic mass is 10.2. The Hall–Kier alpha value is -3.42. The number of phenolic OH excluding ortho intramolecular Hbond substituents is 1. The van der Waals surface area contributed by atoms with Crippen LogP contribution in [-0.2, 0) is 0 Å². The lowest BCUT2D eigenvalue weighted by molar-refractivity contribution is 0.475. The number of phenols is 1. The molecule has 3 rings (SSSR count). The first-order valence-electron chi connectivity index (χ1n) is 8.34. The molecule has 1 saturated heterocycles. The van der Waals surface area contributed by atoms with Gasteiger partial charge in [-0.1, -0.05) is 0 Å². The van der Waals surface area contributed by atoms with Gasteiger partial charge in [-0.25, -0.2) is 4.99 Å². The maximum atomic E-state index is 9.40. The first-order valence-corrected chi connectivity index (χ1v) is 8.34. The summed E-state index contributed by atoms with van der Waals surface area (Å²) in [6.45, 7) is 3.67. The molecule has 2 aromatic carbocycles. The quantitative estimate of drug-likeness (QED) is 0.480. The van der Waals surface area contributed by atoms with Crippen molar-refractivity contribution in [3.63, 3.8) is 0 Å². The molecule has 0 bridgehead atoms. The van der Waals surface area contributed by atoms with Gasteiger partial charge in [-0.2, -0.15) is 4.99 Å². The van der Waals surface area contributed by atoms with Gasteiger partial charge in [-0.15, -0.1) is 0 Å². The van der Waals surface area contributed by atoms with Crippen molar-refractivity contribution < 1.29 is 5.11 Å². The average molecular weight is 353 g/mol. The molecule has 0 saturated carbocycles. The smallest absolute Gasteiger partial charge is 0.223 e. The minimum Gasteiger partial charge on any atom is -0.508 e. The number of nitrogens with two attached hydrogens (primary N) is 3. The van der Waals surface area contributed by atoms with E-state index >= 15 is 0 Å². The molecule has 0 radical (unpaired) electrons. The number of anilines is 2. The van der Waals surface area contributed by atoms with Crippen LogP contribution in [-0.4, -0.2) is 43.2 Å². The van der Waals surface area contributed by atoms with Crippen LogP contribution >= 0.6 is 0 Å². The van der Waals surface area contributed by atoms with E-state index in [9.17, 15) is 5.11 Å². The van der Waals surface area contributed by atoms with Gasteiger partial charge >= 0.3 is 0 Å². The summed E-state index contributed by atoms with van der Waals surface area (Å²) < 4.78 is 0. The van der Waals surface area contributed by atoms with Gasteiger partial charge < -0.3 is 32.1 Å². The number of benzene rings is 2. The van der Waals surface area contributed by atoms with Crippen LogP contribution in [0, 0.1) is 0 Å². The summed E-state index contributed by atoms with van der Waals surface area (Å²) in [5.41, 5.74) is 19.1. The summed E-state index contributed by atoms with van der Waals surface area (Å²) in [6.07, 6.45) is 0. The molecule has 1 heterocycles. The maximum Gasteiger partial charge on any atom is 0.223 e. The Morgan fingerprint density at radius 3 is 1.69 bits per heavy atom. The van der Waals surface area contributed by atoms with E-state index in [1.54, 1.807) is 12.1 Å². The van der Waals surface area contributed by atoms with Crippen molar-refractivity contribution in [2.24, 2.45) is 27.2 Å². The van der Waals surface area contributed by atoms with Gasteiger partial charge in [0.1, 0.15) is 5.75 Å². The molecule has 8 heteroatoms. The molecular formula is C18H23N7O. The topological polar surface area (TPSA) is 129 Å². The number of nitrogens with zero attached hydrogens (tertiary/aromatic N) is 4. The Kier molecular flexibility index (Phi) is 5.12. The molecule has 2 aromatic rings. The molecule has 7 N–H and O–H groups in total. The predicted molar refractivity (Wildman–Crippen MR) is 106 cm³/mol. The van der Waals surface area contributed by atoms with Crippen molar-refractivity contribution >= 4 is 29.0 Å². The highest BCUT2D eigenvalue weighted by molar-refractivity contribution is 5.93. The van der Waals surface area contributed by atoms with E-state index in [1.165, 1.54) is 0 Å². The Labute approximate surface area is 152 Å². The van der Waals surface area contributed by atoms with E-state index < -0.39 is 0 Å². The van der Waals surface area contributed by atoms with Crippen LogP contribution in [0.5, 0.6) is 5.75 Å². The maximum absolute atomic E-state index is 9.40. The summed E-state index contributed by atoms with van der Waals surface area (Å²) in [5, 5.41) is 9.40. The van der Waals surface area contributed by atoms with Crippen LogP contribution in [0.25, 0.3) is 0 Å². The van der Waals surface area contributed by atoms with E-state index in [1.807, 2.05) is 36.4 Å². The van der Waals surface area contributed by atoms with Crippen molar-refractivity contribution in [1.29, 1.82) is 0 Å². The van der Waals surface area contributed by atoms with Gasteiger partial charge in [0, 0.05) is 37.6 Å². The van der Waals surface area contributed by atoms with Crippen LogP contribution in [0.3, 0.4) is 0 Å². The van der Waals surface area contributed by atoms with E-state index in [4.69, 9.17) is 17.2 Å². The lowest BCUT2D eigenvalue weighted by Gasteiger charge is -2.37. The first-order chi connectivity index (χ1) is 12.5. The third-order valence-corrected chi connectivity index (χ3v) is 4.20. The molecule has 8 nitrogen and oxygen atoms in total. The highest BCUT2D eigenvalue weighted by Crippen LogP contribution is 2.24. The Morgan fingerprint density at radius 2 is 1.23 bits per heavy atom. The third-order valence-electron chi connectivity index (χ3n) is 4.20. The van der Waals surface area contributed by atoms with Crippen LogP contribution < -0.4 is 27.0 Å². The molecule has 0 atom stereocenters. The predicted octanol–water partition coefficient (Wildman–Crippen LogP) is 0.938. The fraction of sp³-hybridized carbons (Fsp3) is 0.222. The van der Waals surface area contributed by atoms with E-state index in [0.717, 1.165) is 37.6 Å². The van der Waals surface area contributed by atoms with Gasteiger partial charge in [-0.05, 0) is 48.5 Å². The highest BCUT2D eigenvalue weighted by Gasteiger charge is 2.17. The Morgan fingerprint density at radius 1 is 0.769 bits per heavy atom. The molecule has 1 aliphatic rings. The van der Waals surface area contributed by atoms with Crippen LogP contribution in [0.15, 0.2) is 58.5 Å². The molecular weight excluding hydrogens is 330 g/mol. The van der Waals surface area contributed by atoms with Gasteiger partial charge in [0.05, 0.1) is 5.69 Å². The lowest BCUT2D eigenvalue weighted by Crippen LogP contribution is -2.46. The molecule has 0 amide bonds. The zero-order valence-electron chi connectivity index (χ0n) is 14.4. The number of piperazine rings is 1. The molecule has 26 heavy (non-hydrogen) atoms. The number of aliphatic imine (C=N–C) groups is 2. The number of hydrogen-bond donors (Lipinski definition) is 4. The number of rotatable bonds is 3. The summed E-state index contributed by atoms with van der Waals surface area (Å²) >= 11 is 0. The zero-order valence-corrected chi connectivity index (χ0v) is 14.4. The molecule has 136 valence electrons. The Bertz CT molecular complexity index is 787. The standard InChI is InChI=1S/C18H23N7O/c19-17(20)23-18(21)22-13-1-3-14(4-2-13)24-9-11-25(12-10-24)15-5-7-16(26)8-6-15/h1-8,26H,9-12H2,(H6,19,20,21,22,23). The third kappa shape index (κ3) is 4.35. The number of aromatic hydroxyl groups is 1. The van der Waals surface area contributed by atoms with E-state index in [0.29, 0.717) is 5.69 Å². The second kappa shape index (κ2) is 7.64. The first kappa shape index (κ1) is 17.4. The normalized spacial score (nSPS) is 15.0. The summed E-state index contributed by atoms with van der Waals surface area (Å²) in [6, 6.07) is 15.1. The fourth-order valence-electron chi connectivity index (χ4n) is 2.91. The van der Waals surface area contributed by atoms with Crippen molar-refractivity contribution in [2.75, 3.05) is 36.0 Å². The van der Waals surface area contributed by atoms with Gasteiger partial charge in [0.25, 0.3) is 0 Å². The fourth-order valence-corrected chi connectivity index (χ4v) is 2.91. The second-order valence-electron chi connectivity index (χ2n) is 6.01. The van der Waals surface area contributed by atoms with Gasteiger partial charge in [0.15, 0.2) is 5.96 Å². The minimum absolute atomic E-state index is 0.0280. The summed E-state index contributed by atoms with van der Waals surface area (Å²) in [4.78, 5) is 12.5. The molecule has 1 fully saturated rings. The molecule has 1 aliphatic heterocycles. The summed E-state index contributed by atoms with van der Waals surface area (Å²) in [5.74, 6) is 0.199. The van der Waals surface area contributed by atoms with E-state index in [-0.39, 0.29) is 17.7 Å². The van der Waals surface area contributed by atoms with E-state index in [2.05, 4.69) is 19.8 Å². The largest absolute Gasteiger partial charge is 0.508 e. The zero-order chi connectivity index (χ0) is 18.5. The SMILES string of the molecule is NC(N)=NC(N)=Nc1ccc(N2CCN(c3ccc(O)cc3)CC2)cc1. The molecule has 0 unspecified atom stereocenters. The monoisotopic (exact) mass is 353 g/mol. The van der Waals surface area contributed by atoms with Crippen LogP contribution in [0.4, 0.5) is 17.1 Å². The van der Waals surface area contributed by atoms with Crippen molar-refractivity contribution in [1.82, 2.24) is 0 Å². The average Bonchev–Trinajstić information content (AvgIpc) is 2.62.